The van der Waals surface area contributed by atoms with E-state index in [1.165, 1.54) is 23.7 Å². The van der Waals surface area contributed by atoms with Gasteiger partial charge in [-0.15, -0.1) is 0 Å². The van der Waals surface area contributed by atoms with Crippen LogP contribution in [0.1, 0.15) is 5.56 Å². The summed E-state index contributed by atoms with van der Waals surface area (Å²) in [4.78, 5) is 34.9. The lowest BCUT2D eigenvalue weighted by atomic mass is 10.2. The van der Waals surface area contributed by atoms with Crippen LogP contribution in [0, 0.1) is 5.82 Å². The van der Waals surface area contributed by atoms with Crippen LogP contribution in [0.25, 0.3) is 11.2 Å². The standard InChI is InChI=1S/C24H23BrClFN6O2/c1-29-21-20(22(34)30(2)24(29)35)33(14-15-12-17(27)6-7-19(15)25)23(28-21)32-10-8-31(9-11-32)18-5-3-4-16(26)13-18/h3-7,12-13H,8-11,14H2,1-2H3. The van der Waals surface area contributed by atoms with E-state index < -0.39 is 11.2 Å². The number of hydrogen-bond acceptors (Lipinski definition) is 5. The van der Waals surface area contributed by atoms with Gasteiger partial charge in [0.1, 0.15) is 5.82 Å². The van der Waals surface area contributed by atoms with Crippen molar-refractivity contribution < 1.29 is 4.39 Å². The second-order valence-electron chi connectivity index (χ2n) is 8.57. The van der Waals surface area contributed by atoms with E-state index in [2.05, 4.69) is 25.7 Å². The van der Waals surface area contributed by atoms with E-state index in [0.717, 1.165) is 27.8 Å². The number of aryl methyl sites for hydroxylation is 1. The molecule has 0 aliphatic carbocycles. The molecule has 0 unspecified atom stereocenters. The minimum atomic E-state index is -0.448. The molecule has 182 valence electrons. The van der Waals surface area contributed by atoms with Crippen molar-refractivity contribution >= 4 is 50.3 Å². The van der Waals surface area contributed by atoms with Crippen molar-refractivity contribution in [2.24, 2.45) is 14.1 Å². The first kappa shape index (κ1) is 23.6. The van der Waals surface area contributed by atoms with Crippen molar-refractivity contribution in [1.82, 2.24) is 18.7 Å². The van der Waals surface area contributed by atoms with Crippen LogP contribution in [0.3, 0.4) is 0 Å². The maximum Gasteiger partial charge on any atom is 0.332 e. The molecule has 0 saturated carbocycles. The molecular weight excluding hydrogens is 539 g/mol. The largest absolute Gasteiger partial charge is 0.368 e. The maximum absolute atomic E-state index is 14.1. The van der Waals surface area contributed by atoms with Gasteiger partial charge in [-0.3, -0.25) is 18.5 Å². The second kappa shape index (κ2) is 9.16. The molecule has 4 aromatic rings. The van der Waals surface area contributed by atoms with E-state index >= 15 is 0 Å². The smallest absolute Gasteiger partial charge is 0.332 e. The number of imidazole rings is 1. The molecule has 0 N–H and O–H groups in total. The minimum absolute atomic E-state index is 0.214. The highest BCUT2D eigenvalue weighted by Crippen LogP contribution is 2.27. The monoisotopic (exact) mass is 560 g/mol. The van der Waals surface area contributed by atoms with Crippen LogP contribution in [-0.4, -0.2) is 44.9 Å². The molecule has 5 rings (SSSR count). The van der Waals surface area contributed by atoms with Gasteiger partial charge in [-0.1, -0.05) is 33.6 Å². The van der Waals surface area contributed by atoms with Crippen LogP contribution in [0.4, 0.5) is 16.0 Å². The van der Waals surface area contributed by atoms with Crippen molar-refractivity contribution in [3.63, 3.8) is 0 Å². The zero-order chi connectivity index (χ0) is 24.9. The normalized spacial score (nSPS) is 14.2. The zero-order valence-corrected chi connectivity index (χ0v) is 21.6. The Bertz CT molecular complexity index is 1550. The number of hydrogen-bond donors (Lipinski definition) is 0. The molecule has 0 spiro atoms. The van der Waals surface area contributed by atoms with Gasteiger partial charge in [0.2, 0.25) is 5.95 Å². The summed E-state index contributed by atoms with van der Waals surface area (Å²) in [6.07, 6.45) is 0. The van der Waals surface area contributed by atoms with Crippen molar-refractivity contribution in [3.05, 3.63) is 84.2 Å². The van der Waals surface area contributed by atoms with Crippen LogP contribution in [0.15, 0.2) is 56.5 Å². The van der Waals surface area contributed by atoms with E-state index in [0.29, 0.717) is 40.8 Å². The predicted octanol–water partition coefficient (Wildman–Crippen LogP) is 3.36. The Balaban J connectivity index is 1.58. The number of halogens is 3. The minimum Gasteiger partial charge on any atom is -0.368 e. The van der Waals surface area contributed by atoms with Gasteiger partial charge in [0.05, 0.1) is 6.54 Å². The van der Waals surface area contributed by atoms with E-state index in [1.807, 2.05) is 24.3 Å². The maximum atomic E-state index is 14.1. The van der Waals surface area contributed by atoms with E-state index in [-0.39, 0.29) is 12.4 Å². The molecule has 3 heterocycles. The van der Waals surface area contributed by atoms with Gasteiger partial charge in [0.15, 0.2) is 11.2 Å². The lowest BCUT2D eigenvalue weighted by molar-refractivity contribution is 0.616. The average Bonchev–Trinajstić information content (AvgIpc) is 3.23. The third kappa shape index (κ3) is 4.25. The predicted molar refractivity (Wildman–Crippen MR) is 139 cm³/mol. The Morgan fingerprint density at radius 2 is 1.71 bits per heavy atom. The fourth-order valence-corrected chi connectivity index (χ4v) is 5.06. The highest BCUT2D eigenvalue weighted by Gasteiger charge is 2.26. The molecule has 0 bridgehead atoms. The first-order valence-corrected chi connectivity index (χ1v) is 12.3. The molecule has 1 aliphatic rings. The quantitative estimate of drug-likeness (QED) is 0.382. The van der Waals surface area contributed by atoms with Gasteiger partial charge in [-0.05, 0) is 42.0 Å². The SMILES string of the molecule is Cn1c(=O)c2c(nc(N3CCN(c4cccc(Cl)c4)CC3)n2Cc2cc(F)ccc2Br)n(C)c1=O. The fraction of sp³-hybridized carbons (Fsp3) is 0.292. The van der Waals surface area contributed by atoms with Crippen LogP contribution in [-0.2, 0) is 20.6 Å². The number of anilines is 2. The van der Waals surface area contributed by atoms with Crippen LogP contribution in [0.2, 0.25) is 5.02 Å². The first-order chi connectivity index (χ1) is 16.7. The van der Waals surface area contributed by atoms with Gasteiger partial charge in [0.25, 0.3) is 5.56 Å². The van der Waals surface area contributed by atoms with Crippen LogP contribution < -0.4 is 21.0 Å². The summed E-state index contributed by atoms with van der Waals surface area (Å²) in [6.45, 7) is 2.96. The van der Waals surface area contributed by atoms with E-state index in [4.69, 9.17) is 16.6 Å². The summed E-state index contributed by atoms with van der Waals surface area (Å²) in [6, 6.07) is 12.2. The van der Waals surface area contributed by atoms with Crippen molar-refractivity contribution in [2.45, 2.75) is 6.54 Å². The molecule has 1 fully saturated rings. The van der Waals surface area contributed by atoms with E-state index in [9.17, 15) is 14.0 Å². The van der Waals surface area contributed by atoms with Crippen molar-refractivity contribution in [3.8, 4) is 0 Å². The summed E-state index contributed by atoms with van der Waals surface area (Å²) in [5.41, 5.74) is 1.43. The third-order valence-electron chi connectivity index (χ3n) is 6.40. The summed E-state index contributed by atoms with van der Waals surface area (Å²) < 4.78 is 19.0. The van der Waals surface area contributed by atoms with Crippen molar-refractivity contribution in [1.29, 1.82) is 0 Å². The van der Waals surface area contributed by atoms with Gasteiger partial charge >= 0.3 is 5.69 Å². The van der Waals surface area contributed by atoms with Crippen molar-refractivity contribution in [2.75, 3.05) is 36.0 Å². The number of piperazine rings is 1. The van der Waals surface area contributed by atoms with Crippen LogP contribution >= 0.6 is 27.5 Å². The fourth-order valence-electron chi connectivity index (χ4n) is 4.50. The van der Waals surface area contributed by atoms with E-state index in [1.54, 1.807) is 17.7 Å². The molecule has 2 aromatic carbocycles. The summed E-state index contributed by atoms with van der Waals surface area (Å²) >= 11 is 9.66. The Morgan fingerprint density at radius 1 is 1.00 bits per heavy atom. The molecule has 35 heavy (non-hydrogen) atoms. The highest BCUT2D eigenvalue weighted by molar-refractivity contribution is 9.10. The van der Waals surface area contributed by atoms with Gasteiger partial charge in [0, 0.05) is 55.5 Å². The topological polar surface area (TPSA) is 68.3 Å². The molecule has 1 saturated heterocycles. The summed E-state index contributed by atoms with van der Waals surface area (Å²) in [7, 11) is 3.05. The zero-order valence-electron chi connectivity index (χ0n) is 19.2. The Kier molecular flexibility index (Phi) is 6.18. The summed E-state index contributed by atoms with van der Waals surface area (Å²) in [5.74, 6) is 0.199. The van der Waals surface area contributed by atoms with Crippen LogP contribution in [0.5, 0.6) is 0 Å². The summed E-state index contributed by atoms with van der Waals surface area (Å²) in [5, 5.41) is 0.684. The molecule has 1 aliphatic heterocycles. The average molecular weight is 562 g/mol. The second-order valence-corrected chi connectivity index (χ2v) is 9.86. The number of rotatable bonds is 4. The number of nitrogens with zero attached hydrogens (tertiary/aromatic N) is 6. The molecule has 0 radical (unpaired) electrons. The lowest BCUT2D eigenvalue weighted by Crippen LogP contribution is -2.47. The molecule has 0 atom stereocenters. The molecule has 0 amide bonds. The molecule has 11 heteroatoms. The van der Waals surface area contributed by atoms with Gasteiger partial charge in [-0.2, -0.15) is 4.98 Å². The highest BCUT2D eigenvalue weighted by atomic mass is 79.9. The van der Waals surface area contributed by atoms with Gasteiger partial charge < -0.3 is 9.80 Å². The van der Waals surface area contributed by atoms with Gasteiger partial charge in [-0.25, -0.2) is 9.18 Å². The molecular formula is C24H23BrClFN6O2. The molecule has 8 nitrogen and oxygen atoms in total. The number of benzene rings is 2. The Hall–Kier alpha value is -3.11. The molecule has 2 aromatic heterocycles. The third-order valence-corrected chi connectivity index (χ3v) is 7.41. The Labute approximate surface area is 213 Å². The number of aromatic nitrogens is 4. The lowest BCUT2D eigenvalue weighted by Gasteiger charge is -2.36. The number of fused-ring (bicyclic) bond motifs is 1. The Morgan fingerprint density at radius 3 is 2.43 bits per heavy atom. The first-order valence-electron chi connectivity index (χ1n) is 11.1.